The SMILES string of the molecule is CCOCC(=O)NC1CN(C(=O)O)CC1O. The van der Waals surface area contributed by atoms with E-state index in [4.69, 9.17) is 9.84 Å². The first-order valence-corrected chi connectivity index (χ1v) is 5.07. The summed E-state index contributed by atoms with van der Waals surface area (Å²) in [4.78, 5) is 23.0. The molecule has 1 rings (SSSR count). The summed E-state index contributed by atoms with van der Waals surface area (Å²) >= 11 is 0. The Bertz CT molecular complexity index is 271. The molecule has 0 saturated carbocycles. The lowest BCUT2D eigenvalue weighted by atomic mass is 10.2. The molecule has 2 unspecified atom stereocenters. The van der Waals surface area contributed by atoms with E-state index in [1.165, 1.54) is 0 Å². The Kier molecular flexibility index (Phi) is 4.51. The molecule has 16 heavy (non-hydrogen) atoms. The molecule has 1 aliphatic heterocycles. The number of likely N-dealkylation sites (tertiary alicyclic amines) is 1. The molecular formula is C9H16N2O5. The van der Waals surface area contributed by atoms with Gasteiger partial charge in [-0.1, -0.05) is 0 Å². The Morgan fingerprint density at radius 1 is 1.50 bits per heavy atom. The fourth-order valence-corrected chi connectivity index (χ4v) is 1.53. The number of aliphatic hydroxyl groups excluding tert-OH is 1. The van der Waals surface area contributed by atoms with E-state index in [1.807, 2.05) is 0 Å². The van der Waals surface area contributed by atoms with Crippen LogP contribution in [0, 0.1) is 0 Å². The summed E-state index contributed by atoms with van der Waals surface area (Å²) in [6.07, 6.45) is -1.96. The molecule has 0 bridgehead atoms. The number of β-amino-alcohol motifs (C(OH)–C–C–N with tert-alkyl or cyclic N) is 1. The molecule has 1 heterocycles. The zero-order valence-electron chi connectivity index (χ0n) is 9.05. The van der Waals surface area contributed by atoms with Gasteiger partial charge >= 0.3 is 6.09 Å². The predicted octanol–water partition coefficient (Wildman–Crippen LogP) is -1.14. The average Bonchev–Trinajstić information content (AvgIpc) is 2.57. The van der Waals surface area contributed by atoms with E-state index < -0.39 is 18.2 Å². The predicted molar refractivity (Wildman–Crippen MR) is 54.0 cm³/mol. The molecule has 92 valence electrons. The highest BCUT2D eigenvalue weighted by Crippen LogP contribution is 2.09. The molecule has 0 aromatic rings. The lowest BCUT2D eigenvalue weighted by molar-refractivity contribution is -0.126. The number of carbonyl (C=O) groups excluding carboxylic acids is 1. The number of hydrogen-bond donors (Lipinski definition) is 3. The number of carboxylic acid groups (broad SMARTS) is 1. The number of nitrogens with zero attached hydrogens (tertiary/aromatic N) is 1. The molecule has 0 radical (unpaired) electrons. The summed E-state index contributed by atoms with van der Waals surface area (Å²) in [6.45, 7) is 2.25. The van der Waals surface area contributed by atoms with Gasteiger partial charge in [0.15, 0.2) is 0 Å². The van der Waals surface area contributed by atoms with Crippen LogP contribution in [0.2, 0.25) is 0 Å². The first-order chi connectivity index (χ1) is 7.54. The third-order valence-corrected chi connectivity index (χ3v) is 2.34. The van der Waals surface area contributed by atoms with Gasteiger partial charge in [-0.15, -0.1) is 0 Å². The summed E-state index contributed by atoms with van der Waals surface area (Å²) in [6, 6.07) is -0.552. The van der Waals surface area contributed by atoms with Crippen molar-refractivity contribution in [2.75, 3.05) is 26.3 Å². The van der Waals surface area contributed by atoms with E-state index in [1.54, 1.807) is 6.92 Å². The van der Waals surface area contributed by atoms with Gasteiger partial charge in [0.25, 0.3) is 0 Å². The van der Waals surface area contributed by atoms with Gasteiger partial charge in [0.05, 0.1) is 18.7 Å². The Morgan fingerprint density at radius 2 is 2.19 bits per heavy atom. The lowest BCUT2D eigenvalue weighted by Gasteiger charge is -2.15. The van der Waals surface area contributed by atoms with Gasteiger partial charge in [-0.25, -0.2) is 4.79 Å². The number of carbonyl (C=O) groups is 2. The van der Waals surface area contributed by atoms with Gasteiger partial charge in [0, 0.05) is 13.2 Å². The molecular weight excluding hydrogens is 216 g/mol. The van der Waals surface area contributed by atoms with E-state index >= 15 is 0 Å². The first kappa shape index (κ1) is 12.7. The van der Waals surface area contributed by atoms with Crippen molar-refractivity contribution in [3.05, 3.63) is 0 Å². The summed E-state index contributed by atoms with van der Waals surface area (Å²) in [5.41, 5.74) is 0. The van der Waals surface area contributed by atoms with Crippen molar-refractivity contribution >= 4 is 12.0 Å². The highest BCUT2D eigenvalue weighted by atomic mass is 16.5. The van der Waals surface area contributed by atoms with Gasteiger partial charge in [-0.2, -0.15) is 0 Å². The fourth-order valence-electron chi connectivity index (χ4n) is 1.53. The van der Waals surface area contributed by atoms with Crippen molar-refractivity contribution in [3.8, 4) is 0 Å². The topological polar surface area (TPSA) is 99.1 Å². The molecule has 7 nitrogen and oxygen atoms in total. The zero-order chi connectivity index (χ0) is 12.1. The molecule has 7 heteroatoms. The highest BCUT2D eigenvalue weighted by Gasteiger charge is 2.34. The van der Waals surface area contributed by atoms with Crippen LogP contribution in [0.4, 0.5) is 4.79 Å². The standard InChI is InChI=1S/C9H16N2O5/c1-2-16-5-8(13)10-6-3-11(9(14)15)4-7(6)12/h6-7,12H,2-5H2,1H3,(H,10,13)(H,14,15). The van der Waals surface area contributed by atoms with Gasteiger partial charge in [0.1, 0.15) is 6.61 Å². The summed E-state index contributed by atoms with van der Waals surface area (Å²) in [5.74, 6) is -0.349. The van der Waals surface area contributed by atoms with Gasteiger partial charge in [0.2, 0.25) is 5.91 Å². The minimum absolute atomic E-state index is 0.0227. The van der Waals surface area contributed by atoms with Crippen LogP contribution < -0.4 is 5.32 Å². The minimum Gasteiger partial charge on any atom is -0.465 e. The largest absolute Gasteiger partial charge is 0.465 e. The van der Waals surface area contributed by atoms with Crippen LogP contribution in [0.15, 0.2) is 0 Å². The van der Waals surface area contributed by atoms with Crippen molar-refractivity contribution in [3.63, 3.8) is 0 Å². The van der Waals surface area contributed by atoms with E-state index in [-0.39, 0.29) is 25.6 Å². The maximum Gasteiger partial charge on any atom is 0.407 e. The lowest BCUT2D eigenvalue weighted by Crippen LogP contribution is -2.44. The number of aliphatic hydroxyl groups is 1. The maximum absolute atomic E-state index is 11.3. The van der Waals surface area contributed by atoms with Crippen LogP contribution in [-0.2, 0) is 9.53 Å². The number of ether oxygens (including phenoxy) is 1. The second-order valence-electron chi connectivity index (χ2n) is 3.57. The molecule has 0 spiro atoms. The van der Waals surface area contributed by atoms with E-state index in [0.717, 1.165) is 4.90 Å². The number of nitrogens with one attached hydrogen (secondary N) is 1. The van der Waals surface area contributed by atoms with Crippen LogP contribution in [0.25, 0.3) is 0 Å². The average molecular weight is 232 g/mol. The summed E-state index contributed by atoms with van der Waals surface area (Å²) in [5, 5.41) is 20.8. The van der Waals surface area contributed by atoms with Gasteiger partial charge in [-0.3, -0.25) is 4.79 Å². The van der Waals surface area contributed by atoms with E-state index in [0.29, 0.717) is 6.61 Å². The molecule has 1 fully saturated rings. The second kappa shape index (κ2) is 5.66. The van der Waals surface area contributed by atoms with Crippen LogP contribution in [0.3, 0.4) is 0 Å². The molecule has 3 N–H and O–H groups in total. The zero-order valence-corrected chi connectivity index (χ0v) is 9.05. The molecule has 0 aromatic carbocycles. The molecule has 1 aliphatic rings. The molecule has 2 atom stereocenters. The van der Waals surface area contributed by atoms with Crippen molar-refractivity contribution in [2.24, 2.45) is 0 Å². The summed E-state index contributed by atoms with van der Waals surface area (Å²) in [7, 11) is 0. The Balaban J connectivity index is 2.37. The fraction of sp³-hybridized carbons (Fsp3) is 0.778. The van der Waals surface area contributed by atoms with Crippen molar-refractivity contribution in [2.45, 2.75) is 19.1 Å². The van der Waals surface area contributed by atoms with Gasteiger partial charge < -0.3 is 25.2 Å². The van der Waals surface area contributed by atoms with Crippen LogP contribution in [-0.4, -0.2) is 65.6 Å². The second-order valence-corrected chi connectivity index (χ2v) is 3.57. The first-order valence-electron chi connectivity index (χ1n) is 5.07. The molecule has 0 aromatic heterocycles. The van der Waals surface area contributed by atoms with E-state index in [9.17, 15) is 14.7 Å². The third kappa shape index (κ3) is 3.35. The monoisotopic (exact) mass is 232 g/mol. The minimum atomic E-state index is -1.10. The highest BCUT2D eigenvalue weighted by molar-refractivity contribution is 5.77. The Morgan fingerprint density at radius 3 is 2.69 bits per heavy atom. The van der Waals surface area contributed by atoms with Crippen LogP contribution in [0.1, 0.15) is 6.92 Å². The van der Waals surface area contributed by atoms with Crippen LogP contribution in [0.5, 0.6) is 0 Å². The van der Waals surface area contributed by atoms with Crippen LogP contribution >= 0.6 is 0 Å². The third-order valence-electron chi connectivity index (χ3n) is 2.34. The Hall–Kier alpha value is -1.34. The van der Waals surface area contributed by atoms with Crippen molar-refractivity contribution < 1.29 is 24.5 Å². The van der Waals surface area contributed by atoms with Gasteiger partial charge in [-0.05, 0) is 6.92 Å². The molecule has 0 aliphatic carbocycles. The normalized spacial score (nSPS) is 24.5. The number of amides is 2. The maximum atomic E-state index is 11.3. The molecule has 2 amide bonds. The smallest absolute Gasteiger partial charge is 0.407 e. The number of rotatable bonds is 4. The molecule has 1 saturated heterocycles. The van der Waals surface area contributed by atoms with Crippen molar-refractivity contribution in [1.29, 1.82) is 0 Å². The van der Waals surface area contributed by atoms with Crippen molar-refractivity contribution in [1.82, 2.24) is 10.2 Å². The van der Waals surface area contributed by atoms with E-state index in [2.05, 4.69) is 5.32 Å². The number of hydrogen-bond acceptors (Lipinski definition) is 4. The quantitative estimate of drug-likeness (QED) is 0.569. The summed E-state index contributed by atoms with van der Waals surface area (Å²) < 4.78 is 4.89. The Labute approximate surface area is 93.0 Å².